The van der Waals surface area contributed by atoms with Crippen LogP contribution in [-0.4, -0.2) is 24.0 Å². The molecule has 0 spiro atoms. The van der Waals surface area contributed by atoms with Gasteiger partial charge in [0.1, 0.15) is 17.4 Å². The van der Waals surface area contributed by atoms with E-state index in [9.17, 15) is 4.79 Å². The van der Waals surface area contributed by atoms with Gasteiger partial charge in [-0.2, -0.15) is 0 Å². The number of anilines is 2. The molecule has 2 aromatic rings. The summed E-state index contributed by atoms with van der Waals surface area (Å²) in [6, 6.07) is 12.7. The average molecular weight is 355 g/mol. The SMILES string of the molecule is CCCCCCNc1cccc(NC(=O)c2ccc(OCCC)cc2)n1. The number of carbonyl (C=O) groups is 1. The van der Waals surface area contributed by atoms with E-state index in [1.54, 1.807) is 18.2 Å². The summed E-state index contributed by atoms with van der Waals surface area (Å²) in [6.07, 6.45) is 5.78. The van der Waals surface area contributed by atoms with Crippen molar-refractivity contribution in [3.05, 3.63) is 48.0 Å². The molecule has 0 bridgehead atoms. The minimum absolute atomic E-state index is 0.181. The maximum Gasteiger partial charge on any atom is 0.256 e. The lowest BCUT2D eigenvalue weighted by Gasteiger charge is -2.09. The van der Waals surface area contributed by atoms with Crippen molar-refractivity contribution in [1.82, 2.24) is 4.98 Å². The molecule has 1 amide bonds. The fraction of sp³-hybridized carbons (Fsp3) is 0.429. The smallest absolute Gasteiger partial charge is 0.256 e. The van der Waals surface area contributed by atoms with Crippen molar-refractivity contribution in [2.75, 3.05) is 23.8 Å². The van der Waals surface area contributed by atoms with E-state index in [0.29, 0.717) is 18.0 Å². The molecule has 0 fully saturated rings. The van der Waals surface area contributed by atoms with Crippen LogP contribution < -0.4 is 15.4 Å². The van der Waals surface area contributed by atoms with Crippen molar-refractivity contribution >= 4 is 17.5 Å². The molecule has 140 valence electrons. The van der Waals surface area contributed by atoms with Crippen molar-refractivity contribution in [3.8, 4) is 5.75 Å². The number of unbranched alkanes of at least 4 members (excludes halogenated alkanes) is 3. The largest absolute Gasteiger partial charge is 0.494 e. The molecule has 2 rings (SSSR count). The second-order valence-electron chi connectivity index (χ2n) is 6.22. The van der Waals surface area contributed by atoms with E-state index in [-0.39, 0.29) is 5.91 Å². The Morgan fingerprint density at radius 3 is 2.46 bits per heavy atom. The standard InChI is InChI=1S/C21H29N3O2/c1-3-5-6-7-15-22-19-9-8-10-20(23-19)24-21(25)17-11-13-18(14-12-17)26-16-4-2/h8-14H,3-7,15-16H2,1-2H3,(H2,22,23,24,25). The number of nitrogens with zero attached hydrogens (tertiary/aromatic N) is 1. The highest BCUT2D eigenvalue weighted by Crippen LogP contribution is 2.15. The molecule has 5 nitrogen and oxygen atoms in total. The molecule has 1 aromatic heterocycles. The van der Waals surface area contributed by atoms with E-state index in [0.717, 1.165) is 31.0 Å². The molecule has 26 heavy (non-hydrogen) atoms. The molecule has 0 aliphatic carbocycles. The van der Waals surface area contributed by atoms with Gasteiger partial charge < -0.3 is 15.4 Å². The molecule has 0 unspecified atom stereocenters. The van der Waals surface area contributed by atoms with Crippen LogP contribution in [0.25, 0.3) is 0 Å². The zero-order chi connectivity index (χ0) is 18.6. The van der Waals surface area contributed by atoms with E-state index in [1.807, 2.05) is 24.3 Å². The van der Waals surface area contributed by atoms with Gasteiger partial charge in [0.2, 0.25) is 0 Å². The quantitative estimate of drug-likeness (QED) is 0.550. The molecule has 1 aromatic carbocycles. The summed E-state index contributed by atoms with van der Waals surface area (Å²) in [7, 11) is 0. The predicted octanol–water partition coefficient (Wildman–Crippen LogP) is 5.11. The van der Waals surface area contributed by atoms with E-state index in [4.69, 9.17) is 4.74 Å². The molecule has 1 heterocycles. The molecule has 0 aliphatic rings. The van der Waals surface area contributed by atoms with Gasteiger partial charge in [0.15, 0.2) is 0 Å². The molecule has 0 saturated carbocycles. The van der Waals surface area contributed by atoms with Crippen LogP contribution in [0.5, 0.6) is 5.75 Å². The van der Waals surface area contributed by atoms with E-state index in [1.165, 1.54) is 19.3 Å². The van der Waals surface area contributed by atoms with Crippen molar-refractivity contribution < 1.29 is 9.53 Å². The molecule has 5 heteroatoms. The van der Waals surface area contributed by atoms with E-state index >= 15 is 0 Å². The highest BCUT2D eigenvalue weighted by molar-refractivity contribution is 6.03. The zero-order valence-electron chi connectivity index (χ0n) is 15.8. The van der Waals surface area contributed by atoms with Gasteiger partial charge in [0.25, 0.3) is 5.91 Å². The zero-order valence-corrected chi connectivity index (χ0v) is 15.8. The summed E-state index contributed by atoms with van der Waals surface area (Å²) in [6.45, 7) is 5.83. The Morgan fingerprint density at radius 2 is 1.73 bits per heavy atom. The Bertz CT molecular complexity index is 671. The number of benzene rings is 1. The summed E-state index contributed by atoms with van der Waals surface area (Å²) in [4.78, 5) is 16.8. The first-order valence-corrected chi connectivity index (χ1v) is 9.48. The number of hydrogen-bond donors (Lipinski definition) is 2. The lowest BCUT2D eigenvalue weighted by Crippen LogP contribution is -2.13. The maximum absolute atomic E-state index is 12.4. The fourth-order valence-electron chi connectivity index (χ4n) is 2.48. The number of amides is 1. The van der Waals surface area contributed by atoms with Gasteiger partial charge in [0, 0.05) is 12.1 Å². The van der Waals surface area contributed by atoms with Crippen LogP contribution in [0.1, 0.15) is 56.3 Å². The van der Waals surface area contributed by atoms with Crippen LogP contribution in [0.15, 0.2) is 42.5 Å². The number of carbonyl (C=O) groups excluding carboxylic acids is 1. The average Bonchev–Trinajstić information content (AvgIpc) is 2.67. The van der Waals surface area contributed by atoms with Crippen molar-refractivity contribution in [2.24, 2.45) is 0 Å². The summed E-state index contributed by atoms with van der Waals surface area (Å²) in [5, 5.41) is 6.15. The van der Waals surface area contributed by atoms with Gasteiger partial charge in [-0.15, -0.1) is 0 Å². The van der Waals surface area contributed by atoms with Gasteiger partial charge in [-0.3, -0.25) is 4.79 Å². The lowest BCUT2D eigenvalue weighted by molar-refractivity contribution is 0.102. The highest BCUT2D eigenvalue weighted by Gasteiger charge is 2.07. The van der Waals surface area contributed by atoms with Crippen LogP contribution in [-0.2, 0) is 0 Å². The Labute approximate surface area is 156 Å². The van der Waals surface area contributed by atoms with Crippen molar-refractivity contribution in [2.45, 2.75) is 46.0 Å². The van der Waals surface area contributed by atoms with Crippen LogP contribution >= 0.6 is 0 Å². The summed E-state index contributed by atoms with van der Waals surface area (Å²) in [5.74, 6) is 1.91. The van der Waals surface area contributed by atoms with Crippen LogP contribution in [0, 0.1) is 0 Å². The number of aromatic nitrogens is 1. The minimum Gasteiger partial charge on any atom is -0.494 e. The topological polar surface area (TPSA) is 63.2 Å². The molecule has 0 radical (unpaired) electrons. The minimum atomic E-state index is -0.181. The number of pyridine rings is 1. The number of ether oxygens (including phenoxy) is 1. The number of rotatable bonds is 11. The first-order valence-electron chi connectivity index (χ1n) is 9.48. The van der Waals surface area contributed by atoms with Gasteiger partial charge >= 0.3 is 0 Å². The summed E-state index contributed by atoms with van der Waals surface area (Å²) >= 11 is 0. The summed E-state index contributed by atoms with van der Waals surface area (Å²) < 4.78 is 5.53. The number of hydrogen-bond acceptors (Lipinski definition) is 4. The predicted molar refractivity (Wildman–Crippen MR) is 107 cm³/mol. The Balaban J connectivity index is 1.87. The highest BCUT2D eigenvalue weighted by atomic mass is 16.5. The molecule has 2 N–H and O–H groups in total. The Morgan fingerprint density at radius 1 is 0.962 bits per heavy atom. The van der Waals surface area contributed by atoms with Gasteiger partial charge in [-0.1, -0.05) is 39.2 Å². The first kappa shape index (κ1) is 19.8. The van der Waals surface area contributed by atoms with Gasteiger partial charge in [-0.05, 0) is 49.2 Å². The molecule has 0 aliphatic heterocycles. The van der Waals surface area contributed by atoms with Crippen molar-refractivity contribution in [3.63, 3.8) is 0 Å². The third-order valence-electron chi connectivity index (χ3n) is 3.92. The van der Waals surface area contributed by atoms with E-state index < -0.39 is 0 Å². The maximum atomic E-state index is 12.4. The van der Waals surface area contributed by atoms with Gasteiger partial charge in [-0.25, -0.2) is 4.98 Å². The van der Waals surface area contributed by atoms with Crippen LogP contribution in [0.4, 0.5) is 11.6 Å². The third kappa shape index (κ3) is 6.75. The fourth-order valence-corrected chi connectivity index (χ4v) is 2.48. The summed E-state index contributed by atoms with van der Waals surface area (Å²) in [5.41, 5.74) is 0.577. The second kappa shape index (κ2) is 11.1. The monoisotopic (exact) mass is 355 g/mol. The Kier molecular flexibility index (Phi) is 8.46. The molecule has 0 saturated heterocycles. The Hall–Kier alpha value is -2.56. The molecular weight excluding hydrogens is 326 g/mol. The molecular formula is C21H29N3O2. The lowest BCUT2D eigenvalue weighted by atomic mass is 10.2. The molecule has 0 atom stereocenters. The first-order chi connectivity index (χ1) is 12.7. The van der Waals surface area contributed by atoms with Crippen LogP contribution in [0.2, 0.25) is 0 Å². The van der Waals surface area contributed by atoms with Crippen LogP contribution in [0.3, 0.4) is 0 Å². The van der Waals surface area contributed by atoms with E-state index in [2.05, 4.69) is 29.5 Å². The third-order valence-corrected chi connectivity index (χ3v) is 3.92. The van der Waals surface area contributed by atoms with Crippen molar-refractivity contribution in [1.29, 1.82) is 0 Å². The van der Waals surface area contributed by atoms with Gasteiger partial charge in [0.05, 0.1) is 6.61 Å². The number of nitrogens with one attached hydrogen (secondary N) is 2. The second-order valence-corrected chi connectivity index (χ2v) is 6.22. The normalized spacial score (nSPS) is 10.4.